The molecule has 0 radical (unpaired) electrons. The number of amides is 1. The Balaban J connectivity index is 1.52. The summed E-state index contributed by atoms with van der Waals surface area (Å²) in [6.45, 7) is 12.1. The summed E-state index contributed by atoms with van der Waals surface area (Å²) < 4.78 is 24.1. The van der Waals surface area contributed by atoms with Gasteiger partial charge in [0, 0.05) is 25.3 Å². The number of nitrogens with one attached hydrogen (secondary N) is 1. The lowest BCUT2D eigenvalue weighted by Gasteiger charge is -2.34. The maximum Gasteiger partial charge on any atom is 0.336 e. The molecule has 0 aliphatic carbocycles. The summed E-state index contributed by atoms with van der Waals surface area (Å²) in [5.74, 6) is -3.09. The molecule has 29 heavy (non-hydrogen) atoms. The summed E-state index contributed by atoms with van der Waals surface area (Å²) >= 11 is 0. The maximum absolute atomic E-state index is 13.3. The first-order valence-corrected chi connectivity index (χ1v) is 9.48. The van der Waals surface area contributed by atoms with Crippen molar-refractivity contribution in [2.75, 3.05) is 24.5 Å². The molecule has 0 unspecified atom stereocenters. The molecule has 9 heteroatoms. The van der Waals surface area contributed by atoms with Crippen LogP contribution in [0.5, 0.6) is 0 Å². The van der Waals surface area contributed by atoms with Crippen LogP contribution in [0, 0.1) is 18.3 Å². The van der Waals surface area contributed by atoms with Crippen LogP contribution in [0.4, 0.5) is 15.8 Å². The molecule has 0 spiro atoms. The van der Waals surface area contributed by atoms with E-state index in [-0.39, 0.29) is 11.6 Å². The topological polar surface area (TPSA) is 92.5 Å². The predicted octanol–water partition coefficient (Wildman–Crippen LogP) is 2.31. The van der Waals surface area contributed by atoms with Gasteiger partial charge < -0.3 is 24.8 Å². The number of anilines is 1. The van der Waals surface area contributed by atoms with Crippen LogP contribution < -0.4 is 10.2 Å². The molecule has 0 bridgehead atoms. The van der Waals surface area contributed by atoms with E-state index in [1.54, 1.807) is 19.9 Å². The smallest absolute Gasteiger partial charge is 0.336 e. The van der Waals surface area contributed by atoms with Crippen molar-refractivity contribution in [1.29, 1.82) is 0 Å². The number of hydrogen-bond donors (Lipinski definition) is 2. The number of carbonyl (C=O) groups is 2. The molecule has 2 aliphatic heterocycles. The van der Waals surface area contributed by atoms with Gasteiger partial charge in [0.25, 0.3) is 5.91 Å². The Morgan fingerprint density at radius 3 is 2.59 bits per heavy atom. The van der Waals surface area contributed by atoms with Gasteiger partial charge in [0.2, 0.25) is 5.69 Å². The second-order valence-corrected chi connectivity index (χ2v) is 7.74. The molecule has 1 aromatic carbocycles. The molecule has 3 rings (SSSR count). The fourth-order valence-electron chi connectivity index (χ4n) is 3.71. The second-order valence-electron chi connectivity index (χ2n) is 7.74. The van der Waals surface area contributed by atoms with Gasteiger partial charge in [-0.15, -0.1) is 0 Å². The van der Waals surface area contributed by atoms with Crippen LogP contribution in [-0.4, -0.2) is 54.6 Å². The number of rotatable bonds is 5. The molecule has 1 aromatic rings. The van der Waals surface area contributed by atoms with Crippen molar-refractivity contribution in [3.63, 3.8) is 0 Å². The average molecular weight is 405 g/mol. The molecule has 2 heterocycles. The Morgan fingerprint density at radius 1 is 1.31 bits per heavy atom. The number of ether oxygens (including phenoxy) is 2. The lowest BCUT2D eigenvalue weighted by Crippen LogP contribution is -2.46. The lowest BCUT2D eigenvalue weighted by atomic mass is 9.96. The molecule has 2 aliphatic rings. The minimum atomic E-state index is -1.34. The summed E-state index contributed by atoms with van der Waals surface area (Å²) in [7, 11) is 0. The van der Waals surface area contributed by atoms with Crippen molar-refractivity contribution >= 4 is 23.3 Å². The minimum absolute atomic E-state index is 0.214. The van der Waals surface area contributed by atoms with E-state index in [2.05, 4.69) is 10.2 Å². The number of piperidine rings is 1. The van der Waals surface area contributed by atoms with E-state index in [0.29, 0.717) is 25.3 Å². The van der Waals surface area contributed by atoms with E-state index in [1.807, 2.05) is 4.90 Å². The SMILES string of the molecule is [C-]#[N+]c1cc(F)ccc1N1CCC(CNC(=O)[C@@H]2OC(C)(C)O[C@H]2C(=O)O)CC1. The van der Waals surface area contributed by atoms with Crippen LogP contribution in [0.2, 0.25) is 0 Å². The van der Waals surface area contributed by atoms with Crippen LogP contribution in [0.1, 0.15) is 26.7 Å². The van der Waals surface area contributed by atoms with E-state index in [4.69, 9.17) is 16.0 Å². The Labute approximate surface area is 168 Å². The molecule has 1 amide bonds. The number of carboxylic acid groups (broad SMARTS) is 1. The number of carboxylic acids is 1. The fraction of sp³-hybridized carbons (Fsp3) is 0.550. The van der Waals surface area contributed by atoms with Crippen molar-refractivity contribution in [3.8, 4) is 0 Å². The maximum atomic E-state index is 13.3. The standard InChI is InChI=1S/C20H24FN3O5/c1-20(2)28-16(17(29-20)19(26)27)18(25)23-11-12-6-8-24(9-7-12)15-5-4-13(21)10-14(15)22-3/h4-5,10,12,16-17H,6-9,11H2,1-2H3,(H,23,25)(H,26,27)/t16-,17-/m1/s1. The molecule has 2 fully saturated rings. The molecule has 2 saturated heterocycles. The van der Waals surface area contributed by atoms with E-state index in [0.717, 1.165) is 12.8 Å². The average Bonchev–Trinajstić information content (AvgIpc) is 3.02. The minimum Gasteiger partial charge on any atom is -0.479 e. The van der Waals surface area contributed by atoms with Crippen molar-refractivity contribution in [1.82, 2.24) is 5.32 Å². The quantitative estimate of drug-likeness (QED) is 0.731. The molecule has 0 aromatic heterocycles. The third-order valence-corrected chi connectivity index (χ3v) is 5.18. The summed E-state index contributed by atoms with van der Waals surface area (Å²) in [5.41, 5.74) is 1.00. The van der Waals surface area contributed by atoms with Gasteiger partial charge in [-0.2, -0.15) is 0 Å². The molecule has 0 saturated carbocycles. The fourth-order valence-corrected chi connectivity index (χ4v) is 3.71. The first kappa shape index (κ1) is 21.0. The van der Waals surface area contributed by atoms with Crippen LogP contribution >= 0.6 is 0 Å². The van der Waals surface area contributed by atoms with Gasteiger partial charge in [-0.3, -0.25) is 4.79 Å². The first-order valence-electron chi connectivity index (χ1n) is 9.48. The Kier molecular flexibility index (Phi) is 6.05. The largest absolute Gasteiger partial charge is 0.479 e. The van der Waals surface area contributed by atoms with Crippen LogP contribution in [0.3, 0.4) is 0 Å². The zero-order valence-electron chi connectivity index (χ0n) is 16.4. The van der Waals surface area contributed by atoms with E-state index in [1.165, 1.54) is 12.1 Å². The van der Waals surface area contributed by atoms with Gasteiger partial charge in [-0.25, -0.2) is 14.0 Å². The molecule has 8 nitrogen and oxygen atoms in total. The number of nitrogens with zero attached hydrogens (tertiary/aromatic N) is 2. The van der Waals surface area contributed by atoms with Gasteiger partial charge >= 0.3 is 5.97 Å². The number of halogens is 1. The number of aliphatic carboxylic acids is 1. The highest BCUT2D eigenvalue weighted by molar-refractivity contribution is 5.88. The van der Waals surface area contributed by atoms with Gasteiger partial charge in [0.1, 0.15) is 5.82 Å². The zero-order chi connectivity index (χ0) is 21.2. The summed E-state index contributed by atoms with van der Waals surface area (Å²) in [5, 5.41) is 12.0. The Bertz CT molecular complexity index is 830. The Hall–Kier alpha value is -2.70. The molecule has 2 atom stereocenters. The van der Waals surface area contributed by atoms with Gasteiger partial charge in [0.15, 0.2) is 18.0 Å². The molecular formula is C20H24FN3O5. The van der Waals surface area contributed by atoms with E-state index in [9.17, 15) is 19.1 Å². The molecule has 156 valence electrons. The second kappa shape index (κ2) is 8.35. The zero-order valence-corrected chi connectivity index (χ0v) is 16.4. The van der Waals surface area contributed by atoms with Crippen LogP contribution in [0.15, 0.2) is 18.2 Å². The molecule has 2 N–H and O–H groups in total. The number of carbonyl (C=O) groups excluding carboxylic acids is 1. The highest BCUT2D eigenvalue weighted by Crippen LogP contribution is 2.33. The van der Waals surface area contributed by atoms with Gasteiger partial charge in [0.05, 0.1) is 6.57 Å². The summed E-state index contributed by atoms with van der Waals surface area (Å²) in [6, 6.07) is 4.20. The highest BCUT2D eigenvalue weighted by atomic mass is 19.1. The summed E-state index contributed by atoms with van der Waals surface area (Å²) in [6.07, 6.45) is -0.962. The van der Waals surface area contributed by atoms with E-state index < -0.39 is 35.7 Å². The van der Waals surface area contributed by atoms with Crippen molar-refractivity contribution in [2.24, 2.45) is 5.92 Å². The first-order chi connectivity index (χ1) is 13.7. The number of hydrogen-bond acceptors (Lipinski definition) is 5. The van der Waals surface area contributed by atoms with Gasteiger partial charge in [-0.1, -0.05) is 0 Å². The van der Waals surface area contributed by atoms with Crippen molar-refractivity contribution < 1.29 is 28.6 Å². The third-order valence-electron chi connectivity index (χ3n) is 5.18. The summed E-state index contributed by atoms with van der Waals surface area (Å²) in [4.78, 5) is 29.2. The number of benzene rings is 1. The van der Waals surface area contributed by atoms with Gasteiger partial charge in [-0.05, 0) is 50.8 Å². The lowest BCUT2D eigenvalue weighted by molar-refractivity contribution is -0.166. The normalized spacial score (nSPS) is 24.1. The monoisotopic (exact) mass is 405 g/mol. The van der Waals surface area contributed by atoms with Crippen LogP contribution in [0.25, 0.3) is 4.85 Å². The van der Waals surface area contributed by atoms with Crippen molar-refractivity contribution in [3.05, 3.63) is 35.4 Å². The Morgan fingerprint density at radius 2 is 1.97 bits per heavy atom. The third kappa shape index (κ3) is 4.83. The predicted molar refractivity (Wildman–Crippen MR) is 102 cm³/mol. The van der Waals surface area contributed by atoms with E-state index >= 15 is 0 Å². The highest BCUT2D eigenvalue weighted by Gasteiger charge is 2.49. The van der Waals surface area contributed by atoms with Crippen LogP contribution in [-0.2, 0) is 19.1 Å². The molecular weight excluding hydrogens is 381 g/mol. The van der Waals surface area contributed by atoms with Crippen molar-refractivity contribution in [2.45, 2.75) is 44.7 Å².